The molecule has 0 aliphatic carbocycles. The lowest BCUT2D eigenvalue weighted by Crippen LogP contribution is -2.41. The van der Waals surface area contributed by atoms with E-state index in [-0.39, 0.29) is 11.8 Å². The third-order valence-corrected chi connectivity index (χ3v) is 5.47. The molecular weight excluding hydrogens is 443 g/mol. The fourth-order valence-corrected chi connectivity index (χ4v) is 3.61. The van der Waals surface area contributed by atoms with Gasteiger partial charge in [-0.2, -0.15) is 0 Å². The highest BCUT2D eigenvalue weighted by Crippen LogP contribution is 2.18. The lowest BCUT2D eigenvalue weighted by molar-refractivity contribution is -0.127. The van der Waals surface area contributed by atoms with Crippen LogP contribution >= 0.6 is 22.6 Å². The minimum Gasteiger partial charge on any atom is -0.465 e. The highest BCUT2D eigenvalue weighted by Gasteiger charge is 2.22. The molecule has 2 heterocycles. The summed E-state index contributed by atoms with van der Waals surface area (Å²) in [6.07, 6.45) is 6.62. The average molecular weight is 464 g/mol. The maximum Gasteiger partial charge on any atom is 0.252 e. The lowest BCUT2D eigenvalue weighted by atomic mass is 9.96. The van der Waals surface area contributed by atoms with Crippen molar-refractivity contribution in [1.82, 2.24) is 10.2 Å². The molecule has 0 spiro atoms. The van der Waals surface area contributed by atoms with E-state index in [9.17, 15) is 9.59 Å². The van der Waals surface area contributed by atoms with Crippen molar-refractivity contribution >= 4 is 40.5 Å². The first-order valence-electron chi connectivity index (χ1n) is 8.66. The number of nitrogens with zero attached hydrogens (tertiary/aromatic N) is 1. The van der Waals surface area contributed by atoms with E-state index in [2.05, 4.69) is 27.9 Å². The van der Waals surface area contributed by atoms with Crippen molar-refractivity contribution in [2.24, 2.45) is 5.92 Å². The van der Waals surface area contributed by atoms with Crippen molar-refractivity contribution in [3.63, 3.8) is 0 Å². The Morgan fingerprint density at radius 1 is 1.19 bits per heavy atom. The molecule has 0 saturated carbocycles. The molecule has 1 aromatic heterocycles. The Bertz CT molecular complexity index is 778. The van der Waals surface area contributed by atoms with E-state index in [0.717, 1.165) is 16.4 Å². The van der Waals surface area contributed by atoms with Crippen LogP contribution in [0, 0.1) is 9.49 Å². The summed E-state index contributed by atoms with van der Waals surface area (Å²) in [6.45, 7) is 2.07. The lowest BCUT2D eigenvalue weighted by Gasteiger charge is -2.31. The van der Waals surface area contributed by atoms with Gasteiger partial charge in [-0.15, -0.1) is 0 Å². The van der Waals surface area contributed by atoms with Gasteiger partial charge in [0.2, 0.25) is 5.91 Å². The fraction of sp³-hybridized carbons (Fsp3) is 0.300. The van der Waals surface area contributed by atoms with E-state index in [4.69, 9.17) is 4.42 Å². The first-order valence-corrected chi connectivity index (χ1v) is 9.74. The standard InChI is InChI=1S/C20H21IN2O3/c21-18-6-2-1-5-17(18)20(25)22-14-15-9-11-23(12-10-15)19(24)8-7-16-4-3-13-26-16/h1-8,13,15H,9-12,14H2,(H,22,25)/b8-7+. The Kier molecular flexibility index (Phi) is 6.49. The van der Waals surface area contributed by atoms with Gasteiger partial charge in [0.25, 0.3) is 5.91 Å². The number of carbonyl (C=O) groups is 2. The molecule has 2 aromatic rings. The number of carbonyl (C=O) groups excluding carboxylic acids is 2. The Hall–Kier alpha value is -2.09. The quantitative estimate of drug-likeness (QED) is 0.544. The van der Waals surface area contributed by atoms with Gasteiger partial charge >= 0.3 is 0 Å². The number of piperidine rings is 1. The van der Waals surface area contributed by atoms with Gasteiger partial charge in [0.1, 0.15) is 5.76 Å². The molecule has 0 unspecified atom stereocenters. The fourth-order valence-electron chi connectivity index (χ4n) is 2.98. The largest absolute Gasteiger partial charge is 0.465 e. The van der Waals surface area contributed by atoms with Crippen molar-refractivity contribution in [1.29, 1.82) is 0 Å². The molecular formula is C20H21IN2O3. The number of likely N-dealkylation sites (tertiary alicyclic amines) is 1. The molecule has 0 bridgehead atoms. The van der Waals surface area contributed by atoms with Gasteiger partial charge in [0, 0.05) is 29.3 Å². The highest BCUT2D eigenvalue weighted by molar-refractivity contribution is 14.1. The molecule has 5 nitrogen and oxygen atoms in total. The van der Waals surface area contributed by atoms with Crippen molar-refractivity contribution in [3.05, 3.63) is 63.6 Å². The van der Waals surface area contributed by atoms with Crippen molar-refractivity contribution < 1.29 is 14.0 Å². The number of halogens is 1. The summed E-state index contributed by atoms with van der Waals surface area (Å²) in [4.78, 5) is 26.3. The topological polar surface area (TPSA) is 62.6 Å². The monoisotopic (exact) mass is 464 g/mol. The van der Waals surface area contributed by atoms with Crippen LogP contribution in [0.25, 0.3) is 6.08 Å². The molecule has 26 heavy (non-hydrogen) atoms. The molecule has 3 rings (SSSR count). The third-order valence-electron chi connectivity index (χ3n) is 4.53. The van der Waals surface area contributed by atoms with Crippen LogP contribution in [0.2, 0.25) is 0 Å². The van der Waals surface area contributed by atoms with Gasteiger partial charge < -0.3 is 14.6 Å². The van der Waals surface area contributed by atoms with Gasteiger partial charge in [0.15, 0.2) is 0 Å². The molecule has 1 aliphatic heterocycles. The summed E-state index contributed by atoms with van der Waals surface area (Å²) in [7, 11) is 0. The Labute approximate surface area is 166 Å². The van der Waals surface area contributed by atoms with Crippen LogP contribution in [0.15, 0.2) is 53.2 Å². The predicted octanol–water partition coefficient (Wildman–Crippen LogP) is 3.57. The number of rotatable bonds is 5. The number of hydrogen-bond acceptors (Lipinski definition) is 3. The predicted molar refractivity (Wildman–Crippen MR) is 109 cm³/mol. The van der Waals surface area contributed by atoms with Crippen molar-refractivity contribution in [2.75, 3.05) is 19.6 Å². The SMILES string of the molecule is O=C(NCC1CCN(C(=O)/C=C/c2ccco2)CC1)c1ccccc1I. The Balaban J connectivity index is 1.43. The van der Waals surface area contributed by atoms with Crippen LogP contribution in [-0.2, 0) is 4.79 Å². The maximum atomic E-state index is 12.3. The summed E-state index contributed by atoms with van der Waals surface area (Å²) in [6, 6.07) is 11.2. The Morgan fingerprint density at radius 2 is 1.96 bits per heavy atom. The van der Waals surface area contributed by atoms with Crippen LogP contribution in [-0.4, -0.2) is 36.3 Å². The zero-order chi connectivity index (χ0) is 18.4. The third kappa shape index (κ3) is 4.97. The number of benzene rings is 1. The summed E-state index contributed by atoms with van der Waals surface area (Å²) >= 11 is 2.17. The second-order valence-electron chi connectivity index (χ2n) is 6.31. The van der Waals surface area contributed by atoms with Crippen LogP contribution in [0.5, 0.6) is 0 Å². The Morgan fingerprint density at radius 3 is 2.65 bits per heavy atom. The molecule has 1 N–H and O–H groups in total. The minimum atomic E-state index is -0.0325. The molecule has 1 fully saturated rings. The van der Waals surface area contributed by atoms with Gasteiger partial charge in [-0.1, -0.05) is 12.1 Å². The molecule has 0 atom stereocenters. The highest BCUT2D eigenvalue weighted by atomic mass is 127. The van der Waals surface area contributed by atoms with E-state index >= 15 is 0 Å². The second-order valence-corrected chi connectivity index (χ2v) is 7.47. The molecule has 136 valence electrons. The maximum absolute atomic E-state index is 12.3. The first kappa shape index (κ1) is 18.7. The molecule has 2 amide bonds. The van der Waals surface area contributed by atoms with Crippen molar-refractivity contribution in [3.8, 4) is 0 Å². The molecule has 1 aromatic carbocycles. The summed E-state index contributed by atoms with van der Waals surface area (Å²) in [5.41, 5.74) is 0.712. The molecule has 1 aliphatic rings. The van der Waals surface area contributed by atoms with Crippen LogP contribution in [0.1, 0.15) is 29.0 Å². The number of furan rings is 1. The summed E-state index contributed by atoms with van der Waals surface area (Å²) in [5, 5.41) is 3.02. The number of amides is 2. The molecule has 1 saturated heterocycles. The first-order chi connectivity index (χ1) is 12.6. The summed E-state index contributed by atoms with van der Waals surface area (Å²) < 4.78 is 6.14. The zero-order valence-electron chi connectivity index (χ0n) is 14.4. The van der Waals surface area contributed by atoms with E-state index in [1.165, 1.54) is 0 Å². The second kappa shape index (κ2) is 9.02. The van der Waals surface area contributed by atoms with E-state index in [1.807, 2.05) is 35.2 Å². The van der Waals surface area contributed by atoms with Gasteiger partial charge in [0.05, 0.1) is 11.8 Å². The minimum absolute atomic E-state index is 0.00252. The van der Waals surface area contributed by atoms with Crippen molar-refractivity contribution in [2.45, 2.75) is 12.8 Å². The zero-order valence-corrected chi connectivity index (χ0v) is 16.5. The van der Waals surface area contributed by atoms with E-state index < -0.39 is 0 Å². The van der Waals surface area contributed by atoms with Gasteiger partial charge in [-0.05, 0) is 71.7 Å². The smallest absolute Gasteiger partial charge is 0.252 e. The summed E-state index contributed by atoms with van der Waals surface area (Å²) in [5.74, 6) is 1.04. The van der Waals surface area contributed by atoms with Gasteiger partial charge in [-0.25, -0.2) is 0 Å². The van der Waals surface area contributed by atoms with E-state index in [0.29, 0.717) is 36.9 Å². The van der Waals surface area contributed by atoms with Crippen LogP contribution < -0.4 is 5.32 Å². The van der Waals surface area contributed by atoms with E-state index in [1.54, 1.807) is 24.5 Å². The molecule has 6 heteroatoms. The van der Waals surface area contributed by atoms with Gasteiger partial charge in [-0.3, -0.25) is 9.59 Å². The van der Waals surface area contributed by atoms with Crippen LogP contribution in [0.3, 0.4) is 0 Å². The molecule has 0 radical (unpaired) electrons. The van der Waals surface area contributed by atoms with Crippen LogP contribution in [0.4, 0.5) is 0 Å². The average Bonchev–Trinajstić information content (AvgIpc) is 3.18. The number of hydrogen-bond donors (Lipinski definition) is 1. The number of nitrogens with one attached hydrogen (secondary N) is 1. The normalized spacial score (nSPS) is 15.3.